The van der Waals surface area contributed by atoms with Gasteiger partial charge in [0.05, 0.1) is 5.39 Å². The molecule has 0 fully saturated rings. The van der Waals surface area contributed by atoms with Crippen molar-refractivity contribution in [2.45, 2.75) is 0 Å². The fourth-order valence-corrected chi connectivity index (χ4v) is 3.48. The predicted molar refractivity (Wildman–Crippen MR) is 114 cm³/mol. The Morgan fingerprint density at radius 1 is 0.793 bits per heavy atom. The van der Waals surface area contributed by atoms with Gasteiger partial charge in [-0.2, -0.15) is 0 Å². The minimum atomic E-state index is -0.301. The molecule has 29 heavy (non-hydrogen) atoms. The molecule has 5 rings (SSSR count). The van der Waals surface area contributed by atoms with E-state index in [1.165, 1.54) is 18.5 Å². The second-order valence-electron chi connectivity index (χ2n) is 6.67. The molecule has 0 aliphatic rings. The molecule has 0 bridgehead atoms. The van der Waals surface area contributed by atoms with Crippen molar-refractivity contribution in [3.63, 3.8) is 0 Å². The van der Waals surface area contributed by atoms with E-state index >= 15 is 0 Å². The Labute approximate surface area is 167 Å². The van der Waals surface area contributed by atoms with Crippen molar-refractivity contribution in [1.82, 2.24) is 14.5 Å². The number of aromatic nitrogens is 3. The second kappa shape index (κ2) is 7.20. The van der Waals surface area contributed by atoms with Crippen LogP contribution in [0.4, 0.5) is 15.9 Å². The van der Waals surface area contributed by atoms with Gasteiger partial charge in [0, 0.05) is 23.1 Å². The lowest BCUT2D eigenvalue weighted by molar-refractivity contribution is 0.628. The lowest BCUT2D eigenvalue weighted by Gasteiger charge is -2.09. The van der Waals surface area contributed by atoms with Gasteiger partial charge < -0.3 is 9.88 Å². The van der Waals surface area contributed by atoms with Crippen LogP contribution in [0.5, 0.6) is 0 Å². The predicted octanol–water partition coefficient (Wildman–Crippen LogP) is 5.97. The quantitative estimate of drug-likeness (QED) is 0.418. The molecule has 3 aromatic carbocycles. The van der Waals surface area contributed by atoms with E-state index < -0.39 is 0 Å². The smallest absolute Gasteiger partial charge is 0.150 e. The van der Waals surface area contributed by atoms with Crippen LogP contribution >= 0.6 is 0 Å². The first-order valence-electron chi connectivity index (χ1n) is 9.29. The molecule has 0 aliphatic heterocycles. The molecule has 2 heterocycles. The number of halogens is 1. The molecule has 0 unspecified atom stereocenters. The van der Waals surface area contributed by atoms with Gasteiger partial charge in [0.15, 0.2) is 5.65 Å². The average Bonchev–Trinajstić information content (AvgIpc) is 3.16. The summed E-state index contributed by atoms with van der Waals surface area (Å²) in [5.74, 6) is 0.333. The molecule has 0 spiro atoms. The first-order chi connectivity index (χ1) is 14.3. The molecule has 0 radical (unpaired) electrons. The van der Waals surface area contributed by atoms with Gasteiger partial charge in [0.2, 0.25) is 0 Å². The first-order valence-corrected chi connectivity index (χ1v) is 9.29. The standard InChI is InChI=1S/C24H17FN4/c25-18-10-7-11-19(14-18)28-23-22-21(17-8-3-1-4-9-17)15-29(24(22)27-16-26-23)20-12-5-2-6-13-20/h1-16H,(H,26,27,28). The summed E-state index contributed by atoms with van der Waals surface area (Å²) in [5, 5.41) is 4.14. The third kappa shape index (κ3) is 3.23. The summed E-state index contributed by atoms with van der Waals surface area (Å²) in [6.07, 6.45) is 3.60. The van der Waals surface area contributed by atoms with Crippen LogP contribution in [0.3, 0.4) is 0 Å². The summed E-state index contributed by atoms with van der Waals surface area (Å²) in [6, 6.07) is 26.5. The lowest BCUT2D eigenvalue weighted by atomic mass is 10.1. The summed E-state index contributed by atoms with van der Waals surface area (Å²) < 4.78 is 15.7. The zero-order valence-electron chi connectivity index (χ0n) is 15.5. The normalized spacial score (nSPS) is 10.9. The zero-order chi connectivity index (χ0) is 19.6. The number of anilines is 2. The van der Waals surface area contributed by atoms with Crippen LogP contribution in [0.2, 0.25) is 0 Å². The summed E-state index contributed by atoms with van der Waals surface area (Å²) in [7, 11) is 0. The number of nitrogens with zero attached hydrogens (tertiary/aromatic N) is 3. The SMILES string of the molecule is Fc1cccc(Nc2ncnc3c2c(-c2ccccc2)cn3-c2ccccc2)c1. The van der Waals surface area contributed by atoms with E-state index in [4.69, 9.17) is 0 Å². The van der Waals surface area contributed by atoms with Gasteiger partial charge in [0.1, 0.15) is 18.0 Å². The van der Waals surface area contributed by atoms with Crippen molar-refractivity contribution in [3.05, 3.63) is 103 Å². The highest BCUT2D eigenvalue weighted by molar-refractivity contribution is 6.02. The van der Waals surface area contributed by atoms with Crippen molar-refractivity contribution in [1.29, 1.82) is 0 Å². The number of fused-ring (bicyclic) bond motifs is 1. The minimum Gasteiger partial charge on any atom is -0.339 e. The molecule has 2 aromatic heterocycles. The number of rotatable bonds is 4. The molecule has 0 saturated heterocycles. The number of para-hydroxylation sites is 1. The highest BCUT2D eigenvalue weighted by Crippen LogP contribution is 2.36. The Morgan fingerprint density at radius 2 is 1.55 bits per heavy atom. The second-order valence-corrected chi connectivity index (χ2v) is 6.67. The van der Waals surface area contributed by atoms with Crippen LogP contribution < -0.4 is 5.32 Å². The average molecular weight is 380 g/mol. The molecular weight excluding hydrogens is 363 g/mol. The molecule has 4 nitrogen and oxygen atoms in total. The van der Waals surface area contributed by atoms with Crippen molar-refractivity contribution in [3.8, 4) is 16.8 Å². The highest BCUT2D eigenvalue weighted by atomic mass is 19.1. The topological polar surface area (TPSA) is 42.7 Å². The van der Waals surface area contributed by atoms with E-state index in [9.17, 15) is 4.39 Å². The van der Waals surface area contributed by atoms with E-state index in [2.05, 4.69) is 38.2 Å². The molecule has 140 valence electrons. The molecule has 0 amide bonds. The van der Waals surface area contributed by atoms with Crippen LogP contribution in [0.1, 0.15) is 0 Å². The first kappa shape index (κ1) is 17.1. The van der Waals surface area contributed by atoms with E-state index in [1.54, 1.807) is 6.07 Å². The summed E-state index contributed by atoms with van der Waals surface area (Å²) >= 11 is 0. The van der Waals surface area contributed by atoms with Gasteiger partial charge in [-0.3, -0.25) is 0 Å². The van der Waals surface area contributed by atoms with E-state index in [0.29, 0.717) is 11.5 Å². The van der Waals surface area contributed by atoms with Crippen LogP contribution in [0, 0.1) is 5.82 Å². The Kier molecular flexibility index (Phi) is 4.26. The molecule has 5 heteroatoms. The van der Waals surface area contributed by atoms with Gasteiger partial charge >= 0.3 is 0 Å². The third-order valence-electron chi connectivity index (χ3n) is 4.79. The van der Waals surface area contributed by atoms with Gasteiger partial charge in [0.25, 0.3) is 0 Å². The van der Waals surface area contributed by atoms with Crippen molar-refractivity contribution < 1.29 is 4.39 Å². The van der Waals surface area contributed by atoms with Crippen LogP contribution in [-0.2, 0) is 0 Å². The summed E-state index contributed by atoms with van der Waals surface area (Å²) in [5.41, 5.74) is 4.49. The maximum atomic E-state index is 13.7. The van der Waals surface area contributed by atoms with Gasteiger partial charge in [-0.25, -0.2) is 14.4 Å². The number of hydrogen-bond donors (Lipinski definition) is 1. The summed E-state index contributed by atoms with van der Waals surface area (Å²) in [4.78, 5) is 9.03. The van der Waals surface area contributed by atoms with E-state index in [1.807, 2.05) is 54.6 Å². The Morgan fingerprint density at radius 3 is 2.31 bits per heavy atom. The molecular formula is C24H17FN4. The summed E-state index contributed by atoms with van der Waals surface area (Å²) in [6.45, 7) is 0. The molecule has 0 aliphatic carbocycles. The Hall–Kier alpha value is -3.99. The van der Waals surface area contributed by atoms with Crippen molar-refractivity contribution in [2.75, 3.05) is 5.32 Å². The van der Waals surface area contributed by atoms with Gasteiger partial charge in [-0.15, -0.1) is 0 Å². The number of nitrogens with one attached hydrogen (secondary N) is 1. The Balaban J connectivity index is 1.75. The highest BCUT2D eigenvalue weighted by Gasteiger charge is 2.17. The van der Waals surface area contributed by atoms with Crippen LogP contribution in [-0.4, -0.2) is 14.5 Å². The van der Waals surface area contributed by atoms with Gasteiger partial charge in [-0.05, 0) is 35.9 Å². The Bertz CT molecular complexity index is 1280. The zero-order valence-corrected chi connectivity index (χ0v) is 15.5. The lowest BCUT2D eigenvalue weighted by Crippen LogP contribution is -1.98. The third-order valence-corrected chi connectivity index (χ3v) is 4.79. The molecule has 0 atom stereocenters. The van der Waals surface area contributed by atoms with Crippen molar-refractivity contribution >= 4 is 22.5 Å². The molecule has 1 N–H and O–H groups in total. The van der Waals surface area contributed by atoms with E-state index in [-0.39, 0.29) is 5.82 Å². The van der Waals surface area contributed by atoms with E-state index in [0.717, 1.165) is 27.8 Å². The molecule has 5 aromatic rings. The monoisotopic (exact) mass is 380 g/mol. The fraction of sp³-hybridized carbons (Fsp3) is 0. The molecule has 0 saturated carbocycles. The van der Waals surface area contributed by atoms with Crippen molar-refractivity contribution in [2.24, 2.45) is 0 Å². The van der Waals surface area contributed by atoms with Crippen LogP contribution in [0.15, 0.2) is 97.5 Å². The van der Waals surface area contributed by atoms with Crippen LogP contribution in [0.25, 0.3) is 27.8 Å². The van der Waals surface area contributed by atoms with Gasteiger partial charge in [-0.1, -0.05) is 54.6 Å². The maximum absolute atomic E-state index is 13.7. The minimum absolute atomic E-state index is 0.301. The fourth-order valence-electron chi connectivity index (χ4n) is 3.48. The number of hydrogen-bond acceptors (Lipinski definition) is 3. The number of benzene rings is 3. The maximum Gasteiger partial charge on any atom is 0.150 e. The largest absolute Gasteiger partial charge is 0.339 e.